The van der Waals surface area contributed by atoms with E-state index in [1.54, 1.807) is 19.2 Å². The molecule has 5 nitrogen and oxygen atoms in total. The Morgan fingerprint density at radius 1 is 1.15 bits per heavy atom. The maximum absolute atomic E-state index is 12.5. The first-order valence-electron chi connectivity index (χ1n) is 9.16. The molecule has 0 saturated heterocycles. The highest BCUT2D eigenvalue weighted by molar-refractivity contribution is 5.79. The van der Waals surface area contributed by atoms with E-state index in [1.807, 2.05) is 19.9 Å². The van der Waals surface area contributed by atoms with Gasteiger partial charge in [0.05, 0.1) is 6.54 Å². The van der Waals surface area contributed by atoms with Gasteiger partial charge in [-0.2, -0.15) is 13.2 Å². The molecule has 0 aliphatic heterocycles. The van der Waals surface area contributed by atoms with E-state index < -0.39 is 12.8 Å². The summed E-state index contributed by atoms with van der Waals surface area (Å²) in [7, 11) is 1.69. The van der Waals surface area contributed by atoms with Gasteiger partial charge < -0.3 is 20.1 Å². The molecule has 2 N–H and O–H groups in total. The molecule has 0 atom stereocenters. The van der Waals surface area contributed by atoms with Crippen molar-refractivity contribution in [1.29, 1.82) is 0 Å². The Bertz CT molecular complexity index is 578. The van der Waals surface area contributed by atoms with E-state index >= 15 is 0 Å². The number of halogens is 3. The first-order chi connectivity index (χ1) is 12.9. The summed E-state index contributed by atoms with van der Waals surface area (Å²) in [5.74, 6) is 0.845. The minimum Gasteiger partial charge on any atom is -0.484 e. The van der Waals surface area contributed by atoms with Gasteiger partial charge in [0, 0.05) is 32.4 Å². The van der Waals surface area contributed by atoms with Crippen molar-refractivity contribution in [3.05, 3.63) is 29.3 Å². The summed E-state index contributed by atoms with van der Waals surface area (Å²) in [5, 5.41) is 6.37. The van der Waals surface area contributed by atoms with Crippen LogP contribution in [0.5, 0.6) is 5.75 Å². The van der Waals surface area contributed by atoms with Gasteiger partial charge >= 0.3 is 6.18 Å². The van der Waals surface area contributed by atoms with Gasteiger partial charge in [-0.25, -0.2) is 4.99 Å². The van der Waals surface area contributed by atoms with Gasteiger partial charge in [-0.05, 0) is 44.7 Å². The minimum absolute atomic E-state index is 0.214. The summed E-state index contributed by atoms with van der Waals surface area (Å²) in [5.41, 5.74) is 1.45. The first-order valence-corrected chi connectivity index (χ1v) is 9.16. The lowest BCUT2D eigenvalue weighted by Gasteiger charge is -2.14. The van der Waals surface area contributed by atoms with Crippen LogP contribution in [0.3, 0.4) is 0 Å². The molecule has 27 heavy (non-hydrogen) atoms. The number of rotatable bonds is 11. The third-order valence-electron chi connectivity index (χ3n) is 3.68. The van der Waals surface area contributed by atoms with Gasteiger partial charge in [-0.3, -0.25) is 0 Å². The summed E-state index contributed by atoms with van der Waals surface area (Å²) in [6.07, 6.45) is -1.33. The molecule has 0 amide bonds. The molecule has 0 heterocycles. The number of alkyl halides is 3. The summed E-state index contributed by atoms with van der Waals surface area (Å²) < 4.78 is 47.4. The number of aliphatic imine (C=N–C) groups is 1. The fourth-order valence-electron chi connectivity index (χ4n) is 2.35. The monoisotopic (exact) mass is 389 g/mol. The number of hydrogen-bond acceptors (Lipinski definition) is 3. The van der Waals surface area contributed by atoms with Gasteiger partial charge in [-0.15, -0.1) is 0 Å². The number of benzene rings is 1. The maximum atomic E-state index is 12.5. The molecule has 0 spiro atoms. The highest BCUT2D eigenvalue weighted by Crippen LogP contribution is 2.24. The molecule has 0 aliphatic carbocycles. The third kappa shape index (κ3) is 10.7. The molecular formula is C19H30F3N3O2. The van der Waals surface area contributed by atoms with E-state index in [1.165, 1.54) is 0 Å². The van der Waals surface area contributed by atoms with Crippen LogP contribution in [0.1, 0.15) is 37.3 Å². The van der Waals surface area contributed by atoms with Crippen LogP contribution in [0.15, 0.2) is 23.2 Å². The van der Waals surface area contributed by atoms with Crippen LogP contribution < -0.4 is 15.4 Å². The van der Waals surface area contributed by atoms with Gasteiger partial charge in [0.1, 0.15) is 5.75 Å². The Kier molecular flexibility index (Phi) is 10.6. The molecule has 1 aromatic rings. The highest BCUT2D eigenvalue weighted by Gasteiger charge is 2.28. The van der Waals surface area contributed by atoms with Crippen LogP contribution in [0.25, 0.3) is 0 Å². The SMILES string of the molecule is CCNC(=NCc1ccc(C)cc1OCC(F)(F)F)NCCCCCOC. The molecule has 0 saturated carbocycles. The van der Waals surface area contributed by atoms with E-state index in [2.05, 4.69) is 15.6 Å². The second kappa shape index (κ2) is 12.4. The van der Waals surface area contributed by atoms with Gasteiger partial charge in [-0.1, -0.05) is 12.1 Å². The first kappa shape index (κ1) is 23.1. The molecule has 0 bridgehead atoms. The standard InChI is InChI=1S/C19H30F3N3O2/c1-4-23-18(24-10-6-5-7-11-26-3)25-13-16-9-8-15(2)12-17(16)27-14-19(20,21)22/h8-9,12H,4-7,10-11,13-14H2,1-3H3,(H2,23,24,25). The molecule has 0 aliphatic rings. The fourth-order valence-corrected chi connectivity index (χ4v) is 2.35. The Balaban J connectivity index is 2.66. The van der Waals surface area contributed by atoms with E-state index in [0.29, 0.717) is 18.1 Å². The van der Waals surface area contributed by atoms with Crippen LogP contribution in [0.4, 0.5) is 13.2 Å². The van der Waals surface area contributed by atoms with Gasteiger partial charge in [0.2, 0.25) is 0 Å². The van der Waals surface area contributed by atoms with Crippen LogP contribution in [0, 0.1) is 6.92 Å². The van der Waals surface area contributed by atoms with Gasteiger partial charge in [0.25, 0.3) is 0 Å². The lowest BCUT2D eigenvalue weighted by molar-refractivity contribution is -0.153. The van der Waals surface area contributed by atoms with Crippen molar-refractivity contribution in [1.82, 2.24) is 10.6 Å². The number of aryl methyl sites for hydroxylation is 1. The Morgan fingerprint density at radius 3 is 2.59 bits per heavy atom. The van der Waals surface area contributed by atoms with Crippen LogP contribution in [0.2, 0.25) is 0 Å². The van der Waals surface area contributed by atoms with E-state index in [4.69, 9.17) is 9.47 Å². The lowest BCUT2D eigenvalue weighted by Crippen LogP contribution is -2.37. The summed E-state index contributed by atoms with van der Waals surface area (Å²) in [6.45, 7) is 4.89. The van der Waals surface area contributed by atoms with Crippen molar-refractivity contribution in [2.75, 3.05) is 33.4 Å². The van der Waals surface area contributed by atoms with Crippen molar-refractivity contribution in [2.24, 2.45) is 4.99 Å². The molecule has 0 fully saturated rings. The zero-order chi connectivity index (χ0) is 20.1. The number of unbranched alkanes of at least 4 members (excludes halogenated alkanes) is 2. The highest BCUT2D eigenvalue weighted by atomic mass is 19.4. The maximum Gasteiger partial charge on any atom is 0.422 e. The smallest absolute Gasteiger partial charge is 0.422 e. The van der Waals surface area contributed by atoms with Crippen molar-refractivity contribution in [3.63, 3.8) is 0 Å². The van der Waals surface area contributed by atoms with E-state index in [0.717, 1.165) is 38.0 Å². The van der Waals surface area contributed by atoms with Crippen LogP contribution >= 0.6 is 0 Å². The summed E-state index contributed by atoms with van der Waals surface area (Å²) >= 11 is 0. The van der Waals surface area contributed by atoms with Crippen LogP contribution in [-0.4, -0.2) is 45.5 Å². The number of methoxy groups -OCH3 is 1. The summed E-state index contributed by atoms with van der Waals surface area (Å²) in [4.78, 5) is 4.46. The normalized spacial score (nSPS) is 12.1. The van der Waals surface area contributed by atoms with E-state index in [9.17, 15) is 13.2 Å². The third-order valence-corrected chi connectivity index (χ3v) is 3.68. The Hall–Kier alpha value is -1.96. The average Bonchev–Trinajstić information content (AvgIpc) is 2.61. The zero-order valence-corrected chi connectivity index (χ0v) is 16.3. The molecule has 1 rings (SSSR count). The predicted molar refractivity (Wildman–Crippen MR) is 101 cm³/mol. The average molecular weight is 389 g/mol. The van der Waals surface area contributed by atoms with Crippen molar-refractivity contribution >= 4 is 5.96 Å². The quantitative estimate of drug-likeness (QED) is 0.343. The number of guanidine groups is 1. The number of ether oxygens (including phenoxy) is 2. The molecule has 1 aromatic carbocycles. The molecule has 0 unspecified atom stereocenters. The molecule has 0 aromatic heterocycles. The fraction of sp³-hybridized carbons (Fsp3) is 0.632. The van der Waals surface area contributed by atoms with E-state index in [-0.39, 0.29) is 12.3 Å². The largest absolute Gasteiger partial charge is 0.484 e. The molecule has 0 radical (unpaired) electrons. The minimum atomic E-state index is -4.37. The Labute approximate surface area is 159 Å². The molecule has 8 heteroatoms. The molecular weight excluding hydrogens is 359 g/mol. The number of nitrogens with zero attached hydrogens (tertiary/aromatic N) is 1. The van der Waals surface area contributed by atoms with Crippen molar-refractivity contribution in [3.8, 4) is 5.75 Å². The molecule has 154 valence electrons. The topological polar surface area (TPSA) is 54.9 Å². The van der Waals surface area contributed by atoms with Crippen molar-refractivity contribution < 1.29 is 22.6 Å². The second-order valence-electron chi connectivity index (χ2n) is 6.19. The second-order valence-corrected chi connectivity index (χ2v) is 6.19. The van der Waals surface area contributed by atoms with Crippen LogP contribution in [-0.2, 0) is 11.3 Å². The summed E-state index contributed by atoms with van der Waals surface area (Å²) in [6, 6.07) is 5.19. The zero-order valence-electron chi connectivity index (χ0n) is 16.3. The number of hydrogen-bond donors (Lipinski definition) is 2. The Morgan fingerprint density at radius 2 is 1.93 bits per heavy atom. The predicted octanol–water partition coefficient (Wildman–Crippen LogP) is 3.81. The number of nitrogens with one attached hydrogen (secondary N) is 2. The van der Waals surface area contributed by atoms with Crippen molar-refractivity contribution in [2.45, 2.75) is 45.8 Å². The lowest BCUT2D eigenvalue weighted by atomic mass is 10.1. The van der Waals surface area contributed by atoms with Gasteiger partial charge in [0.15, 0.2) is 12.6 Å².